The van der Waals surface area contributed by atoms with Gasteiger partial charge in [-0.1, -0.05) is 25.6 Å². The molecule has 34 heteroatoms. The van der Waals surface area contributed by atoms with E-state index in [2.05, 4.69) is 42.8 Å². The summed E-state index contributed by atoms with van der Waals surface area (Å²) in [5.41, 5.74) is 4.09. The van der Waals surface area contributed by atoms with Gasteiger partial charge in [0.05, 0.1) is 32.1 Å². The number of carboxylic acid groups (broad SMARTS) is 1. The molecular formula is C24H34Li4N7O19P3S. The number of carbonyl (C=O) groups excluding carboxylic acids is 2. The number of carbonyl (C=O) groups is 2. The van der Waals surface area contributed by atoms with Crippen LogP contribution in [0, 0.1) is 5.41 Å². The van der Waals surface area contributed by atoms with Crippen molar-refractivity contribution in [1.82, 2.24) is 19.5 Å². The Bertz CT molecular complexity index is 1880. The number of carboxylic acids is 1. The summed E-state index contributed by atoms with van der Waals surface area (Å²) in [6, 6.07) is 0. The van der Waals surface area contributed by atoms with E-state index in [1.807, 2.05) is 0 Å². The molecule has 2 aromatic rings. The van der Waals surface area contributed by atoms with E-state index in [0.717, 1.165) is 17.2 Å². The Kier molecular flexibility index (Phi) is 26.2. The van der Waals surface area contributed by atoms with Crippen LogP contribution in [-0.4, -0.2) is 124 Å². The van der Waals surface area contributed by atoms with Crippen molar-refractivity contribution < 1.29 is 166 Å². The van der Waals surface area contributed by atoms with Crippen LogP contribution in [0.3, 0.4) is 0 Å². The third-order valence-corrected chi connectivity index (χ3v) is 10.9. The second kappa shape index (κ2) is 25.5. The van der Waals surface area contributed by atoms with Gasteiger partial charge in [0.15, 0.2) is 22.8 Å². The van der Waals surface area contributed by atoms with E-state index < -0.39 is 109 Å². The van der Waals surface area contributed by atoms with E-state index in [1.165, 1.54) is 13.8 Å². The number of imidazole rings is 1. The first kappa shape index (κ1) is 59.5. The molecule has 3 heterocycles. The molecule has 7 N–H and O–H groups in total. The number of aliphatic hydroxyl groups excluding tert-OH is 2. The standard InChI is InChI=1S/C24H38N7O19P3S.4Li/c1-24(2,19(37)22(38)27-4-3-13(32)26-5-6-54-15(35)7-14(33)34)9-47-53(44,45)50-52(42,43)46-8-12-18(49-51(39,40)41)17(36)23(48-12)31-11-30-16-20(25)28-10-29-21(16)31;;;;/h10-12,17-19,23,36-37H,3-9H2,1-2H3,(H,26,32)(H,27,38)(H,33,34)(H,42,43)(H,44,45)(H2,25,28,29)(H2,39,40,41);;;;/q;4*+1/p-4/t12-,17-,18-,19+,23-;;;;/m1..../s1. The van der Waals surface area contributed by atoms with Crippen LogP contribution in [0.4, 0.5) is 5.82 Å². The Morgan fingerprint density at radius 1 is 1.03 bits per heavy atom. The zero-order valence-electron chi connectivity index (χ0n) is 32.0. The molecule has 8 atom stereocenters. The molecule has 58 heavy (non-hydrogen) atoms. The number of fused-ring (bicyclic) bond motifs is 1. The molecule has 1 fully saturated rings. The second-order valence-corrected chi connectivity index (χ2v) is 17.0. The summed E-state index contributed by atoms with van der Waals surface area (Å²) in [7, 11) is -16.7. The van der Waals surface area contributed by atoms with Crippen molar-refractivity contribution in [3.8, 4) is 0 Å². The number of hydrogen-bond acceptors (Lipinski definition) is 23. The average molecular weight is 877 g/mol. The molecule has 0 saturated carbocycles. The van der Waals surface area contributed by atoms with Crippen molar-refractivity contribution in [2.24, 2.45) is 15.4 Å². The molecule has 0 bridgehead atoms. The maximum atomic E-state index is 12.6. The maximum Gasteiger partial charge on any atom is 1.00 e. The van der Waals surface area contributed by atoms with Crippen LogP contribution in [0.15, 0.2) is 22.6 Å². The maximum absolute atomic E-state index is 12.6. The molecular weight excluding hydrogens is 843 g/mol. The second-order valence-electron chi connectivity index (χ2n) is 11.7. The van der Waals surface area contributed by atoms with Gasteiger partial charge in [-0.3, -0.25) is 23.0 Å². The fourth-order valence-corrected chi connectivity index (χ4v) is 7.81. The van der Waals surface area contributed by atoms with Crippen molar-refractivity contribution in [3.05, 3.63) is 12.7 Å². The smallest absolute Gasteiger partial charge is 0.862 e. The van der Waals surface area contributed by atoms with Gasteiger partial charge in [0.2, 0.25) is 0 Å². The van der Waals surface area contributed by atoms with Crippen molar-refractivity contribution in [2.45, 2.75) is 57.3 Å². The Hall–Kier alpha value is -0.580. The number of aliphatic imine (C=N–C) groups is 2. The van der Waals surface area contributed by atoms with Gasteiger partial charge in [-0.05, 0) is 18.2 Å². The molecule has 304 valence electrons. The van der Waals surface area contributed by atoms with E-state index in [0.29, 0.717) is 11.8 Å². The van der Waals surface area contributed by atoms with Gasteiger partial charge in [0, 0.05) is 30.2 Å². The minimum absolute atomic E-state index is 0. The number of phosphoric ester groups is 3. The monoisotopic (exact) mass is 877 g/mol. The number of aliphatic carboxylic acids is 1. The predicted octanol–water partition coefficient (Wildman–Crippen LogP) is -16.5. The number of phosphoric acid groups is 3. The summed E-state index contributed by atoms with van der Waals surface area (Å²) < 4.78 is 61.4. The fourth-order valence-electron chi connectivity index (χ4n) is 4.36. The third-order valence-electron chi connectivity index (χ3n) is 6.93. The normalized spacial score (nSPS) is 22.1. The number of rotatable bonds is 21. The summed E-state index contributed by atoms with van der Waals surface area (Å²) in [6.45, 7) is -0.341. The fraction of sp³-hybridized carbons (Fsp3) is 0.625. The SMILES string of the molecule is CC(C)(COP(=O)(O)OP(=O)(O)OC[C@H]1O[C@@H](n2cnc3c(N)ncnc32)[C@H](O)[C@@H]1OP(=O)([O-])O)[C@@H](O)C([O-])=NCCC([O-])=NCCSC(=O)CC(=O)[O-].[Li+].[Li+].[Li+].[Li+]. The van der Waals surface area contributed by atoms with Crippen LogP contribution in [0.25, 0.3) is 11.2 Å². The summed E-state index contributed by atoms with van der Waals surface area (Å²) >= 11 is 0.637. The van der Waals surface area contributed by atoms with Crippen LogP contribution in [0.5, 0.6) is 0 Å². The van der Waals surface area contributed by atoms with Gasteiger partial charge >= 0.3 is 91.1 Å². The molecule has 1 aliphatic heterocycles. The quantitative estimate of drug-likeness (QED) is 0.0169. The van der Waals surface area contributed by atoms with Gasteiger partial charge in [-0.2, -0.15) is 4.31 Å². The first-order valence-electron chi connectivity index (χ1n) is 15.0. The molecule has 0 aliphatic carbocycles. The first-order chi connectivity index (χ1) is 24.9. The van der Waals surface area contributed by atoms with Gasteiger partial charge in [0.25, 0.3) is 7.82 Å². The minimum atomic E-state index is -5.61. The van der Waals surface area contributed by atoms with E-state index in [-0.39, 0.29) is 111 Å². The predicted molar refractivity (Wildman–Crippen MR) is 173 cm³/mol. The Morgan fingerprint density at radius 3 is 2.26 bits per heavy atom. The van der Waals surface area contributed by atoms with Crippen LogP contribution in [0.2, 0.25) is 0 Å². The molecule has 1 aliphatic rings. The third kappa shape index (κ3) is 18.8. The summed E-state index contributed by atoms with van der Waals surface area (Å²) in [5, 5.41) is 55.2. The van der Waals surface area contributed by atoms with Crippen molar-refractivity contribution in [2.75, 3.05) is 37.8 Å². The Labute approximate surface area is 381 Å². The number of aliphatic hydroxyl groups is 2. The van der Waals surface area contributed by atoms with Gasteiger partial charge < -0.3 is 74.9 Å². The number of thioether (sulfide) groups is 1. The Balaban J connectivity index is 0. The van der Waals surface area contributed by atoms with Gasteiger partial charge in [-0.15, -0.1) is 0 Å². The van der Waals surface area contributed by atoms with Crippen LogP contribution in [0.1, 0.15) is 32.9 Å². The summed E-state index contributed by atoms with van der Waals surface area (Å²) in [6.07, 6.45) is -8.34. The summed E-state index contributed by atoms with van der Waals surface area (Å²) in [4.78, 5) is 81.5. The minimum Gasteiger partial charge on any atom is -0.862 e. The van der Waals surface area contributed by atoms with Crippen LogP contribution < -0.4 is 101 Å². The molecule has 0 aromatic carbocycles. The molecule has 1 saturated heterocycles. The molecule has 2 aromatic heterocycles. The average Bonchev–Trinajstić information content (AvgIpc) is 3.60. The van der Waals surface area contributed by atoms with E-state index in [9.17, 15) is 68.4 Å². The van der Waals surface area contributed by atoms with Crippen molar-refractivity contribution >= 4 is 75.1 Å². The van der Waals surface area contributed by atoms with Gasteiger partial charge in [-0.25, -0.2) is 24.1 Å². The number of anilines is 1. The van der Waals surface area contributed by atoms with Crippen molar-refractivity contribution in [3.63, 3.8) is 0 Å². The first-order valence-corrected chi connectivity index (χ1v) is 20.5. The molecule has 26 nitrogen and oxygen atoms in total. The summed E-state index contributed by atoms with van der Waals surface area (Å²) in [5.74, 6) is -3.49. The van der Waals surface area contributed by atoms with Crippen LogP contribution in [-0.2, 0) is 45.9 Å². The zero-order valence-corrected chi connectivity index (χ0v) is 35.5. The molecule has 3 unspecified atom stereocenters. The largest absolute Gasteiger partial charge is 1.00 e. The van der Waals surface area contributed by atoms with Crippen LogP contribution >= 0.6 is 35.2 Å². The zero-order chi connectivity index (χ0) is 40.6. The molecule has 0 amide bonds. The van der Waals surface area contributed by atoms with Crippen molar-refractivity contribution in [1.29, 1.82) is 0 Å². The molecule has 3 rings (SSSR count). The number of aromatic nitrogens is 4. The van der Waals surface area contributed by atoms with E-state index in [4.69, 9.17) is 10.5 Å². The Morgan fingerprint density at radius 2 is 1.66 bits per heavy atom. The van der Waals surface area contributed by atoms with Gasteiger partial charge in [0.1, 0.15) is 30.2 Å². The number of nitrogens with zero attached hydrogens (tertiary/aromatic N) is 6. The number of ether oxygens (including phenoxy) is 1. The number of hydrogen-bond donors (Lipinski definition) is 6. The molecule has 0 radical (unpaired) electrons. The van der Waals surface area contributed by atoms with E-state index >= 15 is 0 Å². The molecule has 0 spiro atoms. The number of nitrogen functional groups attached to an aromatic ring is 1. The van der Waals surface area contributed by atoms with E-state index in [1.54, 1.807) is 0 Å². The topological polar surface area (TPSA) is 419 Å². The number of nitrogens with two attached hydrogens (primary N) is 1.